The molecule has 0 aliphatic heterocycles. The number of nitrogens with one attached hydrogen (secondary N) is 1. The molecule has 2 aromatic carbocycles. The maximum atomic E-state index is 12.3. The molecule has 0 atom stereocenters. The second-order valence-electron chi connectivity index (χ2n) is 6.61. The minimum absolute atomic E-state index is 0.120. The smallest absolute Gasteiger partial charge is 0.234 e. The molecule has 2 heterocycles. The van der Waals surface area contributed by atoms with E-state index in [9.17, 15) is 4.79 Å². The van der Waals surface area contributed by atoms with Gasteiger partial charge in [-0.05, 0) is 49.7 Å². The van der Waals surface area contributed by atoms with Crippen molar-refractivity contribution >= 4 is 46.0 Å². The van der Waals surface area contributed by atoms with E-state index in [0.29, 0.717) is 16.4 Å². The Morgan fingerprint density at radius 2 is 1.93 bits per heavy atom. The fraction of sp³-hybridized carbons (Fsp3) is 0.143. The van der Waals surface area contributed by atoms with Crippen LogP contribution in [0, 0.1) is 13.8 Å². The number of rotatable bonds is 5. The fourth-order valence-corrected chi connectivity index (χ4v) is 3.91. The average molecular weight is 424 g/mol. The van der Waals surface area contributed by atoms with Gasteiger partial charge in [-0.15, -0.1) is 0 Å². The van der Waals surface area contributed by atoms with E-state index in [2.05, 4.69) is 33.4 Å². The zero-order chi connectivity index (χ0) is 20.4. The molecular weight excluding hydrogens is 406 g/mol. The molecule has 0 saturated heterocycles. The number of hydrogen-bond donors (Lipinski definition) is 1. The third kappa shape index (κ3) is 4.26. The summed E-state index contributed by atoms with van der Waals surface area (Å²) in [6, 6.07) is 13.2. The van der Waals surface area contributed by atoms with Crippen molar-refractivity contribution in [3.63, 3.8) is 0 Å². The minimum Gasteiger partial charge on any atom is -0.325 e. The van der Waals surface area contributed by atoms with Gasteiger partial charge in [0.2, 0.25) is 5.91 Å². The number of aryl methyl sites for hydroxylation is 2. The molecule has 6 nitrogen and oxygen atoms in total. The molecule has 0 spiro atoms. The van der Waals surface area contributed by atoms with Crippen LogP contribution in [0.4, 0.5) is 5.69 Å². The highest BCUT2D eigenvalue weighted by Gasteiger charge is 2.14. The lowest BCUT2D eigenvalue weighted by molar-refractivity contribution is -0.113. The van der Waals surface area contributed by atoms with Gasteiger partial charge in [0.1, 0.15) is 11.4 Å². The molecule has 0 bridgehead atoms. The van der Waals surface area contributed by atoms with Gasteiger partial charge in [-0.25, -0.2) is 14.6 Å². The molecule has 0 saturated carbocycles. The number of amides is 1. The van der Waals surface area contributed by atoms with Crippen molar-refractivity contribution in [1.29, 1.82) is 0 Å². The van der Waals surface area contributed by atoms with E-state index in [-0.39, 0.29) is 11.7 Å². The number of carbonyl (C=O) groups excluding carboxylic acids is 1. The van der Waals surface area contributed by atoms with Crippen LogP contribution in [0.2, 0.25) is 5.02 Å². The van der Waals surface area contributed by atoms with Gasteiger partial charge in [0.25, 0.3) is 0 Å². The van der Waals surface area contributed by atoms with Gasteiger partial charge in [0, 0.05) is 10.7 Å². The first kappa shape index (κ1) is 19.4. The molecule has 1 N–H and O–H groups in total. The minimum atomic E-state index is -0.120. The van der Waals surface area contributed by atoms with Crippen LogP contribution in [0.25, 0.3) is 16.7 Å². The van der Waals surface area contributed by atoms with Crippen LogP contribution in [-0.2, 0) is 4.79 Å². The predicted octanol–water partition coefficient (Wildman–Crippen LogP) is 4.82. The number of anilines is 1. The first-order chi connectivity index (χ1) is 14.0. The number of fused-ring (bicyclic) bond motifs is 1. The van der Waals surface area contributed by atoms with Crippen molar-refractivity contribution in [2.75, 3.05) is 11.1 Å². The zero-order valence-electron chi connectivity index (χ0n) is 15.9. The highest BCUT2D eigenvalue weighted by Crippen LogP contribution is 2.27. The SMILES string of the molecule is Cc1ccc(-n2ncc3c(SCC(=O)Nc4ccc(Cl)cc4)ncnc32)c(C)c1. The first-order valence-electron chi connectivity index (χ1n) is 8.96. The first-order valence-corrected chi connectivity index (χ1v) is 10.3. The molecule has 0 aliphatic carbocycles. The lowest BCUT2D eigenvalue weighted by Crippen LogP contribution is -2.14. The third-order valence-electron chi connectivity index (χ3n) is 4.38. The van der Waals surface area contributed by atoms with Crippen LogP contribution in [0.1, 0.15) is 11.1 Å². The Bertz CT molecular complexity index is 1190. The van der Waals surface area contributed by atoms with Gasteiger partial charge in [-0.2, -0.15) is 5.10 Å². The van der Waals surface area contributed by atoms with Gasteiger partial charge in [-0.1, -0.05) is 41.1 Å². The Kier molecular flexibility index (Phi) is 5.51. The highest BCUT2D eigenvalue weighted by atomic mass is 35.5. The van der Waals surface area contributed by atoms with Gasteiger partial charge in [0.05, 0.1) is 23.0 Å². The van der Waals surface area contributed by atoms with Crippen LogP contribution >= 0.6 is 23.4 Å². The monoisotopic (exact) mass is 423 g/mol. The maximum absolute atomic E-state index is 12.3. The van der Waals surface area contributed by atoms with E-state index >= 15 is 0 Å². The second kappa shape index (κ2) is 8.23. The summed E-state index contributed by atoms with van der Waals surface area (Å²) in [4.78, 5) is 21.0. The van der Waals surface area contributed by atoms with Gasteiger partial charge >= 0.3 is 0 Å². The topological polar surface area (TPSA) is 72.7 Å². The van der Waals surface area contributed by atoms with E-state index < -0.39 is 0 Å². The second-order valence-corrected chi connectivity index (χ2v) is 8.01. The number of thioether (sulfide) groups is 1. The molecule has 0 aliphatic rings. The summed E-state index contributed by atoms with van der Waals surface area (Å²) in [6.45, 7) is 4.11. The van der Waals surface area contributed by atoms with Crippen LogP contribution in [-0.4, -0.2) is 31.4 Å². The summed E-state index contributed by atoms with van der Waals surface area (Å²) in [5.41, 5.74) is 4.70. The molecule has 0 radical (unpaired) electrons. The van der Waals surface area contributed by atoms with Crippen LogP contribution in [0.5, 0.6) is 0 Å². The Balaban J connectivity index is 1.53. The van der Waals surface area contributed by atoms with Crippen LogP contribution in [0.3, 0.4) is 0 Å². The Morgan fingerprint density at radius 1 is 1.14 bits per heavy atom. The normalized spacial score (nSPS) is 11.0. The number of hydrogen-bond acceptors (Lipinski definition) is 5. The lowest BCUT2D eigenvalue weighted by Gasteiger charge is -2.08. The number of halogens is 1. The van der Waals surface area contributed by atoms with Crippen molar-refractivity contribution < 1.29 is 4.79 Å². The van der Waals surface area contributed by atoms with Crippen LogP contribution < -0.4 is 5.32 Å². The third-order valence-corrected chi connectivity index (χ3v) is 5.63. The molecule has 8 heteroatoms. The van der Waals surface area contributed by atoms with Crippen molar-refractivity contribution in [3.05, 3.63) is 71.1 Å². The summed E-state index contributed by atoms with van der Waals surface area (Å²) in [7, 11) is 0. The van der Waals surface area contributed by atoms with Gasteiger partial charge in [0.15, 0.2) is 5.65 Å². The summed E-state index contributed by atoms with van der Waals surface area (Å²) < 4.78 is 1.81. The molecule has 0 unspecified atom stereocenters. The van der Waals surface area contributed by atoms with Crippen LogP contribution in [0.15, 0.2) is 60.0 Å². The Morgan fingerprint density at radius 3 is 2.69 bits per heavy atom. The predicted molar refractivity (Wildman–Crippen MR) is 117 cm³/mol. The lowest BCUT2D eigenvalue weighted by atomic mass is 10.1. The average Bonchev–Trinajstić information content (AvgIpc) is 3.13. The quantitative estimate of drug-likeness (QED) is 0.368. The van der Waals surface area contributed by atoms with Gasteiger partial charge < -0.3 is 5.32 Å². The van der Waals surface area contributed by atoms with E-state index in [4.69, 9.17) is 11.6 Å². The number of benzene rings is 2. The number of aromatic nitrogens is 4. The number of carbonyl (C=O) groups is 1. The van der Waals surface area contributed by atoms with Gasteiger partial charge in [-0.3, -0.25) is 4.79 Å². The van der Waals surface area contributed by atoms with Crippen molar-refractivity contribution in [1.82, 2.24) is 19.7 Å². The molecule has 4 rings (SSSR count). The molecule has 2 aromatic heterocycles. The van der Waals surface area contributed by atoms with Crippen molar-refractivity contribution in [3.8, 4) is 5.69 Å². The van der Waals surface area contributed by atoms with E-state index in [0.717, 1.165) is 21.7 Å². The standard InChI is InChI=1S/C21H18ClN5OS/c1-13-3-8-18(14(2)9-13)27-20-17(10-25-27)21(24-12-23-20)29-11-19(28)26-16-6-4-15(22)5-7-16/h3-10,12H,11H2,1-2H3,(H,26,28). The maximum Gasteiger partial charge on any atom is 0.234 e. The van der Waals surface area contributed by atoms with E-state index in [1.807, 2.05) is 23.7 Å². The number of nitrogens with zero attached hydrogens (tertiary/aromatic N) is 4. The Labute approximate surface area is 177 Å². The fourth-order valence-electron chi connectivity index (χ4n) is 3.02. The molecule has 1 amide bonds. The Hall–Kier alpha value is -2.90. The summed E-state index contributed by atoms with van der Waals surface area (Å²) in [6.07, 6.45) is 3.25. The molecule has 0 fully saturated rings. The molecule has 4 aromatic rings. The zero-order valence-corrected chi connectivity index (χ0v) is 17.5. The van der Waals surface area contributed by atoms with Crippen molar-refractivity contribution in [2.45, 2.75) is 18.9 Å². The summed E-state index contributed by atoms with van der Waals surface area (Å²) >= 11 is 7.22. The summed E-state index contributed by atoms with van der Waals surface area (Å²) in [5.74, 6) is 0.106. The molecule has 146 valence electrons. The largest absolute Gasteiger partial charge is 0.325 e. The van der Waals surface area contributed by atoms with E-state index in [1.165, 1.54) is 23.7 Å². The summed E-state index contributed by atoms with van der Waals surface area (Å²) in [5, 5.41) is 9.52. The molecule has 29 heavy (non-hydrogen) atoms. The van der Waals surface area contributed by atoms with Crippen molar-refractivity contribution in [2.24, 2.45) is 0 Å². The molecular formula is C21H18ClN5OS. The highest BCUT2D eigenvalue weighted by molar-refractivity contribution is 8.00. The van der Waals surface area contributed by atoms with E-state index in [1.54, 1.807) is 30.5 Å².